The molecule has 2 N–H and O–H groups in total. The third kappa shape index (κ3) is 8.52. The molecule has 3 atom stereocenters. The molecule has 9 nitrogen and oxygen atoms in total. The van der Waals surface area contributed by atoms with E-state index in [1.165, 1.54) is 36.4 Å². The maximum Gasteiger partial charge on any atom is 0.410 e. The molecule has 0 radical (unpaired) electrons. The molecule has 41 heavy (non-hydrogen) atoms. The average Bonchev–Trinajstić information content (AvgIpc) is 3.25. The number of ether oxygens (including phenoxy) is 1. The third-order valence-electron chi connectivity index (χ3n) is 6.56. The first-order chi connectivity index (χ1) is 19.1. The fourth-order valence-corrected chi connectivity index (χ4v) is 5.13. The van der Waals surface area contributed by atoms with Crippen LogP contribution in [0, 0.1) is 5.92 Å². The molecule has 1 aliphatic rings. The second-order valence-corrected chi connectivity index (χ2v) is 12.4. The van der Waals surface area contributed by atoms with E-state index < -0.39 is 51.9 Å². The van der Waals surface area contributed by atoms with E-state index in [-0.39, 0.29) is 42.5 Å². The Bertz CT molecular complexity index is 1350. The summed E-state index contributed by atoms with van der Waals surface area (Å²) in [7, 11) is -3.39. The highest BCUT2D eigenvalue weighted by Gasteiger charge is 2.44. The summed E-state index contributed by atoms with van der Waals surface area (Å²) in [6.45, 7) is 4.85. The number of ketones is 1. The van der Waals surface area contributed by atoms with Crippen LogP contribution in [0.25, 0.3) is 11.1 Å². The quantitative estimate of drug-likeness (QED) is 0.426. The first-order valence-corrected chi connectivity index (χ1v) is 15.0. The lowest BCUT2D eigenvalue weighted by molar-refractivity contribution is -0.161. The number of carbonyl (C=O) groups excluding carboxylic acids is 3. The van der Waals surface area contributed by atoms with Crippen LogP contribution < -0.4 is 10.6 Å². The summed E-state index contributed by atoms with van der Waals surface area (Å²) in [5, 5.41) is 4.95. The van der Waals surface area contributed by atoms with E-state index >= 15 is 0 Å². The van der Waals surface area contributed by atoms with E-state index in [2.05, 4.69) is 10.6 Å². The van der Waals surface area contributed by atoms with Crippen molar-refractivity contribution in [3.05, 3.63) is 54.1 Å². The van der Waals surface area contributed by atoms with Gasteiger partial charge in [0.05, 0.1) is 30.6 Å². The van der Waals surface area contributed by atoms with E-state index in [9.17, 15) is 36.0 Å². The molecular formula is C28H34F3N3O6S. The molecule has 0 spiro atoms. The fraction of sp³-hybridized carbons (Fsp3) is 0.464. The van der Waals surface area contributed by atoms with Crippen LogP contribution in [0.15, 0.2) is 53.4 Å². The number of amides is 2. The van der Waals surface area contributed by atoms with Gasteiger partial charge in [-0.05, 0) is 48.1 Å². The van der Waals surface area contributed by atoms with Gasteiger partial charge >= 0.3 is 12.3 Å². The molecule has 0 aliphatic carbocycles. The van der Waals surface area contributed by atoms with Crippen LogP contribution in [0.1, 0.15) is 38.8 Å². The van der Waals surface area contributed by atoms with E-state index in [0.717, 1.165) is 11.2 Å². The number of Topliss-reactive ketones (excluding diaryl/α,β-unsaturated/α-hetero) is 1. The van der Waals surface area contributed by atoms with Crippen LogP contribution in [0.3, 0.4) is 0 Å². The highest BCUT2D eigenvalue weighted by atomic mass is 32.2. The van der Waals surface area contributed by atoms with Gasteiger partial charge < -0.3 is 10.1 Å². The number of benzene rings is 2. The number of rotatable bonds is 10. The van der Waals surface area contributed by atoms with E-state index in [4.69, 9.17) is 4.74 Å². The maximum atomic E-state index is 14.3. The fourth-order valence-electron chi connectivity index (χ4n) is 4.50. The molecule has 1 aliphatic heterocycles. The molecule has 1 heterocycles. The van der Waals surface area contributed by atoms with Gasteiger partial charge in [0.25, 0.3) is 0 Å². The van der Waals surface area contributed by atoms with Gasteiger partial charge in [0.1, 0.15) is 12.1 Å². The van der Waals surface area contributed by atoms with Crippen LogP contribution >= 0.6 is 0 Å². The molecule has 2 aromatic rings. The summed E-state index contributed by atoms with van der Waals surface area (Å²) >= 11 is 0. The molecular weight excluding hydrogens is 563 g/mol. The Morgan fingerprint density at radius 2 is 1.61 bits per heavy atom. The minimum Gasteiger partial charge on any atom is -0.450 e. The predicted molar refractivity (Wildman–Crippen MR) is 146 cm³/mol. The van der Waals surface area contributed by atoms with Crippen LogP contribution in [0.2, 0.25) is 0 Å². The lowest BCUT2D eigenvalue weighted by Crippen LogP contribution is -2.53. The van der Waals surface area contributed by atoms with Gasteiger partial charge in [0.2, 0.25) is 5.91 Å². The predicted octanol–water partition coefficient (Wildman–Crippen LogP) is 3.89. The first-order valence-electron chi connectivity index (χ1n) is 13.1. The molecule has 0 aromatic heterocycles. The normalized spacial score (nSPS) is 17.4. The number of sulfone groups is 1. The number of alkyl halides is 3. The van der Waals surface area contributed by atoms with Crippen molar-refractivity contribution < 1.29 is 40.7 Å². The van der Waals surface area contributed by atoms with Crippen molar-refractivity contribution in [2.75, 3.05) is 26.0 Å². The smallest absolute Gasteiger partial charge is 0.410 e. The lowest BCUT2D eigenvalue weighted by atomic mass is 9.97. The first kappa shape index (κ1) is 32.1. The number of carbonyl (C=O) groups is 3. The number of hydrogen-bond donors (Lipinski definition) is 2. The van der Waals surface area contributed by atoms with Crippen LogP contribution in [0.4, 0.5) is 18.0 Å². The van der Waals surface area contributed by atoms with Crippen LogP contribution in [-0.4, -0.2) is 75.3 Å². The van der Waals surface area contributed by atoms with Crippen molar-refractivity contribution in [3.63, 3.8) is 0 Å². The minimum atomic E-state index is -4.75. The Balaban J connectivity index is 1.79. The van der Waals surface area contributed by atoms with Crippen molar-refractivity contribution in [3.8, 4) is 11.1 Å². The van der Waals surface area contributed by atoms with Gasteiger partial charge in [0.15, 0.2) is 15.6 Å². The zero-order valence-corrected chi connectivity index (χ0v) is 24.0. The largest absolute Gasteiger partial charge is 0.450 e. The zero-order valence-electron chi connectivity index (χ0n) is 23.2. The summed E-state index contributed by atoms with van der Waals surface area (Å²) in [5.41, 5.74) is 1.08. The summed E-state index contributed by atoms with van der Waals surface area (Å²) in [6, 6.07) is 7.05. The standard InChI is InChI=1S/C28H34F3N3O6S/c1-5-40-27(37)34-15-23(24(35)16-34)33-26(36)22(14-17(2)3)32-25(28(29,30)31)20-8-6-18(7-9-20)19-10-12-21(13-11-19)41(4,38)39/h6-13,17,22-23,25,32H,5,14-16H2,1-4H3,(H,33,36)/t22-,23?,25-/m0/s1. The van der Waals surface area contributed by atoms with Gasteiger partial charge in [-0.25, -0.2) is 13.2 Å². The summed E-state index contributed by atoms with van der Waals surface area (Å²) < 4.78 is 71.1. The van der Waals surface area contributed by atoms with Gasteiger partial charge in [0, 0.05) is 6.26 Å². The number of nitrogens with one attached hydrogen (secondary N) is 2. The molecule has 1 saturated heterocycles. The number of halogens is 3. The summed E-state index contributed by atoms with van der Waals surface area (Å²) in [5.74, 6) is -1.37. The van der Waals surface area contributed by atoms with Crippen LogP contribution in [0.5, 0.6) is 0 Å². The maximum absolute atomic E-state index is 14.3. The zero-order chi connectivity index (χ0) is 30.5. The molecule has 224 valence electrons. The average molecular weight is 598 g/mol. The van der Waals surface area contributed by atoms with Crippen molar-refractivity contribution in [1.82, 2.24) is 15.5 Å². The molecule has 0 bridgehead atoms. The molecule has 2 amide bonds. The van der Waals surface area contributed by atoms with Crippen molar-refractivity contribution in [1.29, 1.82) is 0 Å². The number of hydrogen-bond acceptors (Lipinski definition) is 7. The molecule has 1 fully saturated rings. The molecule has 13 heteroatoms. The summed E-state index contributed by atoms with van der Waals surface area (Å²) in [6.07, 6.45) is -4.32. The number of nitrogens with zero attached hydrogens (tertiary/aromatic N) is 1. The molecule has 1 unspecified atom stereocenters. The van der Waals surface area contributed by atoms with E-state index in [1.807, 2.05) is 0 Å². The van der Waals surface area contributed by atoms with E-state index in [1.54, 1.807) is 32.9 Å². The SMILES string of the molecule is CCOC(=O)N1CC(=O)C(NC(=O)[C@H](CC(C)C)N[C@@H](c2ccc(-c3ccc(S(C)(=O)=O)cc3)cc2)C(F)(F)F)C1. The summed E-state index contributed by atoms with van der Waals surface area (Å²) in [4.78, 5) is 38.8. The van der Waals surface area contributed by atoms with Gasteiger partial charge in [-0.1, -0.05) is 50.2 Å². The van der Waals surface area contributed by atoms with Crippen molar-refractivity contribution in [2.45, 2.75) is 56.4 Å². The van der Waals surface area contributed by atoms with Crippen molar-refractivity contribution >= 4 is 27.6 Å². The van der Waals surface area contributed by atoms with E-state index in [0.29, 0.717) is 11.1 Å². The Kier molecular flexibility index (Phi) is 10.2. The van der Waals surface area contributed by atoms with Gasteiger partial charge in [-0.3, -0.25) is 19.8 Å². The van der Waals surface area contributed by atoms with Crippen LogP contribution in [-0.2, 0) is 24.2 Å². The second kappa shape index (κ2) is 13.0. The minimum absolute atomic E-state index is 0.0612. The van der Waals surface area contributed by atoms with Gasteiger partial charge in [-0.2, -0.15) is 13.2 Å². The molecule has 3 rings (SSSR count). The monoisotopic (exact) mass is 597 g/mol. The highest BCUT2D eigenvalue weighted by Crippen LogP contribution is 2.35. The molecule has 2 aromatic carbocycles. The number of likely N-dealkylation sites (tertiary alicyclic amines) is 1. The Labute approximate surface area is 237 Å². The Hall–Kier alpha value is -3.45. The topological polar surface area (TPSA) is 122 Å². The molecule has 0 saturated carbocycles. The Morgan fingerprint density at radius 3 is 2.10 bits per heavy atom. The second-order valence-electron chi connectivity index (χ2n) is 10.3. The lowest BCUT2D eigenvalue weighted by Gasteiger charge is -2.29. The van der Waals surface area contributed by atoms with Gasteiger partial charge in [-0.15, -0.1) is 0 Å². The highest BCUT2D eigenvalue weighted by molar-refractivity contribution is 7.90. The Morgan fingerprint density at radius 1 is 1.05 bits per heavy atom. The van der Waals surface area contributed by atoms with Crippen molar-refractivity contribution in [2.24, 2.45) is 5.92 Å². The third-order valence-corrected chi connectivity index (χ3v) is 7.69.